The molecule has 82 valence electrons. The summed E-state index contributed by atoms with van der Waals surface area (Å²) in [6.07, 6.45) is 14.1. The van der Waals surface area contributed by atoms with Crippen LogP contribution in [0.3, 0.4) is 0 Å². The smallest absolute Gasteiger partial charge is 0.155 e. The van der Waals surface area contributed by atoms with Crippen LogP contribution in [0.25, 0.3) is 0 Å². The zero-order chi connectivity index (χ0) is 10.7. The molecule has 1 heteroatoms. The summed E-state index contributed by atoms with van der Waals surface area (Å²) < 4.78 is 0. The Bertz CT molecular complexity index is 311. The van der Waals surface area contributed by atoms with Gasteiger partial charge in [0.1, 0.15) is 0 Å². The van der Waals surface area contributed by atoms with Crippen molar-refractivity contribution >= 4 is 5.78 Å². The zero-order valence-electron chi connectivity index (χ0n) is 9.59. The minimum atomic E-state index is 0.267. The van der Waals surface area contributed by atoms with Gasteiger partial charge >= 0.3 is 0 Å². The van der Waals surface area contributed by atoms with Crippen LogP contribution in [0.5, 0.6) is 0 Å². The number of carbonyl (C=O) groups is 1. The van der Waals surface area contributed by atoms with Gasteiger partial charge < -0.3 is 0 Å². The fourth-order valence-corrected chi connectivity index (χ4v) is 2.73. The van der Waals surface area contributed by atoms with E-state index in [1.54, 1.807) is 0 Å². The molecular formula is C14H20O. The first-order valence-corrected chi connectivity index (χ1v) is 6.10. The maximum atomic E-state index is 11.6. The van der Waals surface area contributed by atoms with Gasteiger partial charge in [0.25, 0.3) is 0 Å². The highest BCUT2D eigenvalue weighted by Crippen LogP contribution is 2.42. The Morgan fingerprint density at radius 1 is 1.20 bits per heavy atom. The van der Waals surface area contributed by atoms with E-state index in [9.17, 15) is 4.79 Å². The average molecular weight is 204 g/mol. The van der Waals surface area contributed by atoms with Gasteiger partial charge in [0.15, 0.2) is 5.78 Å². The highest BCUT2D eigenvalue weighted by Gasteiger charge is 2.30. The summed E-state index contributed by atoms with van der Waals surface area (Å²) in [4.78, 5) is 11.6. The van der Waals surface area contributed by atoms with Gasteiger partial charge in [-0.3, -0.25) is 4.79 Å². The lowest BCUT2D eigenvalue weighted by Gasteiger charge is -2.31. The molecule has 0 aromatic rings. The van der Waals surface area contributed by atoms with Crippen molar-refractivity contribution in [2.45, 2.75) is 51.9 Å². The molecule has 0 heterocycles. The molecule has 1 nitrogen and oxygen atoms in total. The van der Waals surface area contributed by atoms with Gasteiger partial charge in [-0.05, 0) is 50.0 Å². The van der Waals surface area contributed by atoms with Crippen molar-refractivity contribution < 1.29 is 4.79 Å². The van der Waals surface area contributed by atoms with Crippen LogP contribution in [0.1, 0.15) is 51.9 Å². The lowest BCUT2D eigenvalue weighted by molar-refractivity contribution is -0.114. The van der Waals surface area contributed by atoms with Crippen molar-refractivity contribution in [3.05, 3.63) is 23.8 Å². The Kier molecular flexibility index (Phi) is 3.08. The largest absolute Gasteiger partial charge is 0.295 e. The van der Waals surface area contributed by atoms with Crippen LogP contribution >= 0.6 is 0 Å². The normalized spacial score (nSPS) is 34.5. The minimum absolute atomic E-state index is 0.267. The van der Waals surface area contributed by atoms with Crippen molar-refractivity contribution in [2.24, 2.45) is 5.41 Å². The van der Waals surface area contributed by atoms with Gasteiger partial charge in [-0.25, -0.2) is 0 Å². The third-order valence-electron chi connectivity index (χ3n) is 3.81. The molecule has 0 bridgehead atoms. The predicted molar refractivity (Wildman–Crippen MR) is 62.7 cm³/mol. The Morgan fingerprint density at radius 2 is 2.07 bits per heavy atom. The highest BCUT2D eigenvalue weighted by molar-refractivity contribution is 5.90. The maximum Gasteiger partial charge on any atom is 0.155 e. The van der Waals surface area contributed by atoms with Gasteiger partial charge in [-0.2, -0.15) is 0 Å². The standard InChI is InChI=1S/C14H20O/c1-14-9-5-3-2-4-7-12(14)11-13(15)8-6-10-14/h3,5,11H,2,4,6-10H2,1H3/b5-3-/t14-/m1/s1. The summed E-state index contributed by atoms with van der Waals surface area (Å²) in [5, 5.41) is 0. The van der Waals surface area contributed by atoms with Gasteiger partial charge in [0.2, 0.25) is 0 Å². The van der Waals surface area contributed by atoms with E-state index in [2.05, 4.69) is 19.1 Å². The molecule has 0 fully saturated rings. The minimum Gasteiger partial charge on any atom is -0.295 e. The number of rotatable bonds is 0. The third kappa shape index (κ3) is 2.39. The second-order valence-electron chi connectivity index (χ2n) is 5.12. The van der Waals surface area contributed by atoms with E-state index in [1.807, 2.05) is 6.08 Å². The zero-order valence-corrected chi connectivity index (χ0v) is 9.59. The third-order valence-corrected chi connectivity index (χ3v) is 3.81. The number of hydrogen-bond acceptors (Lipinski definition) is 1. The van der Waals surface area contributed by atoms with Crippen molar-refractivity contribution in [1.29, 1.82) is 0 Å². The first kappa shape index (κ1) is 10.7. The van der Waals surface area contributed by atoms with Crippen LogP contribution in [0.15, 0.2) is 23.8 Å². The van der Waals surface area contributed by atoms with E-state index < -0.39 is 0 Å². The number of hydrogen-bond donors (Lipinski definition) is 0. The molecule has 0 radical (unpaired) electrons. The summed E-state index contributed by atoms with van der Waals surface area (Å²) >= 11 is 0. The van der Waals surface area contributed by atoms with Crippen molar-refractivity contribution in [3.8, 4) is 0 Å². The topological polar surface area (TPSA) is 17.1 Å². The molecule has 2 aliphatic carbocycles. The number of ketones is 1. The van der Waals surface area contributed by atoms with Gasteiger partial charge in [-0.15, -0.1) is 0 Å². The fourth-order valence-electron chi connectivity index (χ4n) is 2.73. The Labute approximate surface area is 92.3 Å². The molecule has 0 aliphatic heterocycles. The summed E-state index contributed by atoms with van der Waals surface area (Å²) in [5.41, 5.74) is 1.68. The van der Waals surface area contributed by atoms with E-state index >= 15 is 0 Å². The number of allylic oxidation sites excluding steroid dienone is 4. The molecule has 0 N–H and O–H groups in total. The van der Waals surface area contributed by atoms with Crippen molar-refractivity contribution in [2.75, 3.05) is 0 Å². The Balaban J connectivity index is 2.30. The van der Waals surface area contributed by atoms with Crippen LogP contribution in [-0.4, -0.2) is 5.78 Å². The quantitative estimate of drug-likeness (QED) is 0.548. The summed E-state index contributed by atoms with van der Waals surface area (Å²) in [5.74, 6) is 0.346. The molecule has 0 saturated carbocycles. The molecule has 0 aromatic carbocycles. The van der Waals surface area contributed by atoms with E-state index in [0.29, 0.717) is 5.78 Å². The summed E-state index contributed by atoms with van der Waals surface area (Å²) in [7, 11) is 0. The first-order valence-electron chi connectivity index (χ1n) is 6.10. The number of carbonyl (C=O) groups excluding carboxylic acids is 1. The van der Waals surface area contributed by atoms with E-state index in [1.165, 1.54) is 24.8 Å². The monoisotopic (exact) mass is 204 g/mol. The molecule has 0 amide bonds. The van der Waals surface area contributed by atoms with Gasteiger partial charge in [-0.1, -0.05) is 24.6 Å². The van der Waals surface area contributed by atoms with E-state index in [0.717, 1.165) is 25.7 Å². The van der Waals surface area contributed by atoms with Crippen LogP contribution in [0.4, 0.5) is 0 Å². The van der Waals surface area contributed by atoms with E-state index in [4.69, 9.17) is 0 Å². The fraction of sp³-hybridized carbons (Fsp3) is 0.643. The van der Waals surface area contributed by atoms with Crippen LogP contribution in [0, 0.1) is 5.41 Å². The lowest BCUT2D eigenvalue weighted by atomic mass is 9.73. The maximum absolute atomic E-state index is 11.6. The summed E-state index contributed by atoms with van der Waals surface area (Å²) in [6.45, 7) is 2.33. The lowest BCUT2D eigenvalue weighted by Crippen LogP contribution is -2.19. The molecule has 0 unspecified atom stereocenters. The van der Waals surface area contributed by atoms with Crippen molar-refractivity contribution in [3.63, 3.8) is 0 Å². The van der Waals surface area contributed by atoms with Gasteiger partial charge in [0, 0.05) is 6.42 Å². The molecule has 1 atom stereocenters. The summed E-state index contributed by atoms with van der Waals surface area (Å²) in [6, 6.07) is 0. The SMILES string of the molecule is C[C@]12C/C=C\CCCC1=CC(=O)CCC2. The van der Waals surface area contributed by atoms with Crippen LogP contribution in [0.2, 0.25) is 0 Å². The van der Waals surface area contributed by atoms with Crippen molar-refractivity contribution in [1.82, 2.24) is 0 Å². The first-order chi connectivity index (χ1) is 7.21. The predicted octanol–water partition coefficient (Wildman–Crippen LogP) is 3.80. The Hall–Kier alpha value is -0.850. The molecule has 0 aromatic heterocycles. The van der Waals surface area contributed by atoms with E-state index in [-0.39, 0.29) is 5.41 Å². The molecule has 0 saturated heterocycles. The molecular weight excluding hydrogens is 184 g/mol. The van der Waals surface area contributed by atoms with Gasteiger partial charge in [0.05, 0.1) is 0 Å². The molecule has 15 heavy (non-hydrogen) atoms. The Morgan fingerprint density at radius 3 is 2.93 bits per heavy atom. The number of fused-ring (bicyclic) bond motifs is 1. The van der Waals surface area contributed by atoms with Crippen LogP contribution < -0.4 is 0 Å². The highest BCUT2D eigenvalue weighted by atomic mass is 16.1. The average Bonchev–Trinajstić information content (AvgIpc) is 2.30. The molecule has 2 aliphatic rings. The molecule has 2 rings (SSSR count). The molecule has 0 spiro atoms. The van der Waals surface area contributed by atoms with Crippen LogP contribution in [-0.2, 0) is 4.79 Å². The second-order valence-corrected chi connectivity index (χ2v) is 5.12. The second kappa shape index (κ2) is 4.34.